The Morgan fingerprint density at radius 3 is 2.67 bits per heavy atom. The summed E-state index contributed by atoms with van der Waals surface area (Å²) in [6.45, 7) is 2.67. The van der Waals surface area contributed by atoms with Gasteiger partial charge in [0.15, 0.2) is 11.5 Å². The number of hydrogen-bond acceptors (Lipinski definition) is 3. The van der Waals surface area contributed by atoms with Crippen LogP contribution < -0.4 is 14.8 Å². The van der Waals surface area contributed by atoms with Crippen LogP contribution >= 0.6 is 0 Å². The molecule has 128 valence electrons. The van der Waals surface area contributed by atoms with Crippen LogP contribution in [-0.4, -0.2) is 31.7 Å². The Bertz CT molecular complexity index is 706. The van der Waals surface area contributed by atoms with Gasteiger partial charge in [-0.2, -0.15) is 0 Å². The van der Waals surface area contributed by atoms with E-state index in [1.165, 1.54) is 17.0 Å². The van der Waals surface area contributed by atoms with Gasteiger partial charge in [-0.25, -0.2) is 9.18 Å². The summed E-state index contributed by atoms with van der Waals surface area (Å²) in [6, 6.07) is 11.0. The van der Waals surface area contributed by atoms with Crippen LogP contribution in [0.25, 0.3) is 0 Å². The van der Waals surface area contributed by atoms with Crippen molar-refractivity contribution in [1.82, 2.24) is 4.90 Å². The Morgan fingerprint density at radius 2 is 2.00 bits per heavy atom. The van der Waals surface area contributed by atoms with Crippen LogP contribution in [0, 0.1) is 5.82 Å². The second-order valence-electron chi connectivity index (χ2n) is 5.21. The van der Waals surface area contributed by atoms with Crippen LogP contribution in [-0.2, 0) is 6.54 Å². The van der Waals surface area contributed by atoms with E-state index < -0.39 is 0 Å². The van der Waals surface area contributed by atoms with Crippen molar-refractivity contribution < 1.29 is 18.7 Å². The number of halogens is 1. The molecule has 0 unspecified atom stereocenters. The van der Waals surface area contributed by atoms with E-state index >= 15 is 0 Å². The molecule has 0 radical (unpaired) electrons. The molecule has 6 heteroatoms. The molecule has 0 saturated heterocycles. The summed E-state index contributed by atoms with van der Waals surface area (Å²) in [5.41, 5.74) is 1.31. The quantitative estimate of drug-likeness (QED) is 0.873. The van der Waals surface area contributed by atoms with Crippen molar-refractivity contribution in [1.29, 1.82) is 0 Å². The third-order valence-electron chi connectivity index (χ3n) is 3.37. The average Bonchev–Trinajstić information content (AvgIpc) is 2.55. The van der Waals surface area contributed by atoms with Gasteiger partial charge in [-0.3, -0.25) is 0 Å². The topological polar surface area (TPSA) is 50.8 Å². The maximum Gasteiger partial charge on any atom is 0.321 e. The summed E-state index contributed by atoms with van der Waals surface area (Å²) in [4.78, 5) is 13.7. The van der Waals surface area contributed by atoms with E-state index in [9.17, 15) is 9.18 Å². The lowest BCUT2D eigenvalue weighted by atomic mass is 10.2. The highest BCUT2D eigenvalue weighted by Crippen LogP contribution is 2.30. The lowest BCUT2D eigenvalue weighted by Crippen LogP contribution is -2.30. The van der Waals surface area contributed by atoms with Gasteiger partial charge >= 0.3 is 6.03 Å². The smallest absolute Gasteiger partial charge is 0.321 e. The zero-order chi connectivity index (χ0) is 17.5. The van der Waals surface area contributed by atoms with Crippen LogP contribution in [0.15, 0.2) is 42.5 Å². The molecule has 0 bridgehead atoms. The molecule has 24 heavy (non-hydrogen) atoms. The van der Waals surface area contributed by atoms with Crippen LogP contribution in [0.1, 0.15) is 12.5 Å². The van der Waals surface area contributed by atoms with Crippen molar-refractivity contribution in [2.45, 2.75) is 13.5 Å². The highest BCUT2D eigenvalue weighted by atomic mass is 19.1. The van der Waals surface area contributed by atoms with Gasteiger partial charge < -0.3 is 19.7 Å². The molecule has 2 amide bonds. The van der Waals surface area contributed by atoms with E-state index in [1.807, 2.05) is 6.92 Å². The first-order chi connectivity index (χ1) is 11.5. The third-order valence-corrected chi connectivity index (χ3v) is 3.37. The van der Waals surface area contributed by atoms with Gasteiger partial charge in [0.25, 0.3) is 0 Å². The SMILES string of the molecule is CCOc1cc(NC(=O)N(C)Cc2cccc(F)c2)ccc1OC. The van der Waals surface area contributed by atoms with Gasteiger partial charge in [0.1, 0.15) is 5.82 Å². The molecule has 0 saturated carbocycles. The molecule has 2 aromatic carbocycles. The van der Waals surface area contributed by atoms with Gasteiger partial charge in [-0.1, -0.05) is 12.1 Å². The summed E-state index contributed by atoms with van der Waals surface area (Å²) in [6.07, 6.45) is 0. The van der Waals surface area contributed by atoms with Gasteiger partial charge in [-0.05, 0) is 36.8 Å². The molecule has 0 aliphatic heterocycles. The van der Waals surface area contributed by atoms with Gasteiger partial charge in [0.2, 0.25) is 0 Å². The number of urea groups is 1. The molecule has 0 heterocycles. The van der Waals surface area contributed by atoms with E-state index in [-0.39, 0.29) is 11.8 Å². The number of amides is 2. The van der Waals surface area contributed by atoms with Crippen molar-refractivity contribution in [2.24, 2.45) is 0 Å². The third kappa shape index (κ3) is 4.62. The molecule has 0 aromatic heterocycles. The minimum atomic E-state index is -0.321. The molecular weight excluding hydrogens is 311 g/mol. The predicted molar refractivity (Wildman–Crippen MR) is 91.0 cm³/mol. The molecule has 0 fully saturated rings. The molecule has 0 atom stereocenters. The minimum absolute atomic E-state index is 0.299. The zero-order valence-electron chi connectivity index (χ0n) is 14.0. The van der Waals surface area contributed by atoms with Crippen molar-refractivity contribution in [2.75, 3.05) is 26.1 Å². The summed E-state index contributed by atoms with van der Waals surface area (Å²) >= 11 is 0. The fourth-order valence-corrected chi connectivity index (χ4v) is 2.22. The van der Waals surface area contributed by atoms with Crippen molar-refractivity contribution in [3.05, 3.63) is 53.8 Å². The van der Waals surface area contributed by atoms with Crippen LogP contribution in [0.4, 0.5) is 14.9 Å². The molecule has 0 spiro atoms. The maximum absolute atomic E-state index is 13.2. The first kappa shape index (κ1) is 17.6. The van der Waals surface area contributed by atoms with Crippen molar-refractivity contribution >= 4 is 11.7 Å². The van der Waals surface area contributed by atoms with Gasteiger partial charge in [-0.15, -0.1) is 0 Å². The number of nitrogens with one attached hydrogen (secondary N) is 1. The highest BCUT2D eigenvalue weighted by Gasteiger charge is 2.12. The molecule has 0 aliphatic rings. The maximum atomic E-state index is 13.2. The Balaban J connectivity index is 2.04. The molecule has 2 rings (SSSR count). The molecule has 2 aromatic rings. The second kappa shape index (κ2) is 8.19. The van der Waals surface area contributed by atoms with Crippen molar-refractivity contribution in [3.63, 3.8) is 0 Å². The number of hydrogen-bond donors (Lipinski definition) is 1. The fraction of sp³-hybridized carbons (Fsp3) is 0.278. The Kier molecular flexibility index (Phi) is 6.01. The average molecular weight is 332 g/mol. The normalized spacial score (nSPS) is 10.2. The highest BCUT2D eigenvalue weighted by molar-refractivity contribution is 5.89. The number of benzene rings is 2. The van der Waals surface area contributed by atoms with Gasteiger partial charge in [0, 0.05) is 25.3 Å². The first-order valence-corrected chi connectivity index (χ1v) is 7.61. The Labute approximate surface area is 141 Å². The molecule has 5 nitrogen and oxygen atoms in total. The number of anilines is 1. The van der Waals surface area contributed by atoms with Crippen LogP contribution in [0.3, 0.4) is 0 Å². The number of carbonyl (C=O) groups is 1. The fourth-order valence-electron chi connectivity index (χ4n) is 2.22. The van der Waals surface area contributed by atoms with Crippen LogP contribution in [0.5, 0.6) is 11.5 Å². The molecular formula is C18H21FN2O3. The van der Waals surface area contributed by atoms with Crippen LogP contribution in [0.2, 0.25) is 0 Å². The number of carbonyl (C=O) groups excluding carboxylic acids is 1. The summed E-state index contributed by atoms with van der Waals surface area (Å²) in [5.74, 6) is 0.839. The zero-order valence-corrected chi connectivity index (χ0v) is 14.0. The number of ether oxygens (including phenoxy) is 2. The standard InChI is InChI=1S/C18H21FN2O3/c1-4-24-17-11-15(8-9-16(17)23-3)20-18(22)21(2)12-13-6-5-7-14(19)10-13/h5-11H,4,12H2,1-3H3,(H,20,22). The largest absolute Gasteiger partial charge is 0.493 e. The lowest BCUT2D eigenvalue weighted by molar-refractivity contribution is 0.220. The number of rotatable bonds is 6. The summed E-state index contributed by atoms with van der Waals surface area (Å²) in [5, 5.41) is 2.78. The minimum Gasteiger partial charge on any atom is -0.493 e. The second-order valence-corrected chi connectivity index (χ2v) is 5.21. The summed E-state index contributed by atoms with van der Waals surface area (Å²) in [7, 11) is 3.20. The Morgan fingerprint density at radius 1 is 1.21 bits per heavy atom. The van der Waals surface area contributed by atoms with E-state index in [0.717, 1.165) is 5.56 Å². The van der Waals surface area contributed by atoms with E-state index in [1.54, 1.807) is 44.5 Å². The van der Waals surface area contributed by atoms with E-state index in [2.05, 4.69) is 5.32 Å². The monoisotopic (exact) mass is 332 g/mol. The Hall–Kier alpha value is -2.76. The van der Waals surface area contributed by atoms with E-state index in [0.29, 0.717) is 30.3 Å². The molecule has 1 N–H and O–H groups in total. The van der Waals surface area contributed by atoms with Gasteiger partial charge in [0.05, 0.1) is 13.7 Å². The summed E-state index contributed by atoms with van der Waals surface area (Å²) < 4.78 is 23.9. The lowest BCUT2D eigenvalue weighted by Gasteiger charge is -2.19. The number of methoxy groups -OCH3 is 1. The first-order valence-electron chi connectivity index (χ1n) is 7.61. The molecule has 0 aliphatic carbocycles. The van der Waals surface area contributed by atoms with E-state index in [4.69, 9.17) is 9.47 Å². The van der Waals surface area contributed by atoms with Crippen molar-refractivity contribution in [3.8, 4) is 11.5 Å². The number of nitrogens with zero attached hydrogens (tertiary/aromatic N) is 1. The predicted octanol–water partition coefficient (Wildman–Crippen LogP) is 3.90.